The first-order valence-electron chi connectivity index (χ1n) is 5.01. The van der Waals surface area contributed by atoms with Crippen molar-refractivity contribution in [1.29, 1.82) is 0 Å². The van der Waals surface area contributed by atoms with Crippen LogP contribution < -0.4 is 0 Å². The second-order valence-electron chi connectivity index (χ2n) is 3.48. The maximum absolute atomic E-state index is 11.4. The molecule has 0 aromatic rings. The molecule has 13 heavy (non-hydrogen) atoms. The van der Waals surface area contributed by atoms with Gasteiger partial charge in [-0.15, -0.1) is 0 Å². The van der Waals surface area contributed by atoms with Crippen LogP contribution in [0.5, 0.6) is 0 Å². The topological polar surface area (TPSA) is 23.6 Å². The van der Waals surface area contributed by atoms with Crippen LogP contribution in [0.1, 0.15) is 20.3 Å². The van der Waals surface area contributed by atoms with E-state index in [9.17, 15) is 4.79 Å². The van der Waals surface area contributed by atoms with E-state index in [1.165, 1.54) is 0 Å². The van der Waals surface area contributed by atoms with Crippen molar-refractivity contribution in [2.24, 2.45) is 5.92 Å². The molecule has 0 aromatic carbocycles. The van der Waals surface area contributed by atoms with Crippen molar-refractivity contribution in [2.45, 2.75) is 20.3 Å². The van der Waals surface area contributed by atoms with E-state index < -0.39 is 0 Å². The van der Waals surface area contributed by atoms with Crippen molar-refractivity contribution >= 4 is 5.91 Å². The van der Waals surface area contributed by atoms with Gasteiger partial charge in [-0.2, -0.15) is 0 Å². The van der Waals surface area contributed by atoms with Crippen LogP contribution in [0.3, 0.4) is 0 Å². The van der Waals surface area contributed by atoms with Crippen molar-refractivity contribution in [2.75, 3.05) is 34.2 Å². The van der Waals surface area contributed by atoms with Crippen molar-refractivity contribution < 1.29 is 4.79 Å². The lowest BCUT2D eigenvalue weighted by Gasteiger charge is -2.15. The summed E-state index contributed by atoms with van der Waals surface area (Å²) in [7, 11) is 5.70. The van der Waals surface area contributed by atoms with Gasteiger partial charge in [0, 0.05) is 20.6 Å². The zero-order valence-electron chi connectivity index (χ0n) is 9.50. The fourth-order valence-corrected chi connectivity index (χ4v) is 1.50. The second-order valence-corrected chi connectivity index (χ2v) is 3.48. The number of carbonyl (C=O) groups excluding carboxylic acids is 1. The minimum absolute atomic E-state index is 0.245. The van der Waals surface area contributed by atoms with Gasteiger partial charge in [0.1, 0.15) is 0 Å². The Morgan fingerprint density at radius 2 is 1.92 bits per heavy atom. The Kier molecular flexibility index (Phi) is 5.71. The highest BCUT2D eigenvalue weighted by atomic mass is 16.2. The third-order valence-electron chi connectivity index (χ3n) is 2.18. The van der Waals surface area contributed by atoms with Crippen molar-refractivity contribution in [3.8, 4) is 0 Å². The highest BCUT2D eigenvalue weighted by molar-refractivity contribution is 5.78. The van der Waals surface area contributed by atoms with E-state index in [-0.39, 0.29) is 11.8 Å². The molecule has 0 spiro atoms. The van der Waals surface area contributed by atoms with Gasteiger partial charge in [-0.25, -0.2) is 0 Å². The number of hydrogen-bond donors (Lipinski definition) is 0. The Morgan fingerprint density at radius 3 is 2.23 bits per heavy atom. The van der Waals surface area contributed by atoms with E-state index in [0.29, 0.717) is 0 Å². The molecule has 1 atom stereocenters. The molecule has 0 bridgehead atoms. The van der Waals surface area contributed by atoms with E-state index in [1.807, 2.05) is 27.9 Å². The highest BCUT2D eigenvalue weighted by Gasteiger charge is 2.26. The smallest absolute Gasteiger partial charge is 0.226 e. The summed E-state index contributed by atoms with van der Waals surface area (Å²) in [5.41, 5.74) is 0. The monoisotopic (exact) mass is 186 g/mol. The summed E-state index contributed by atoms with van der Waals surface area (Å²) in [5, 5.41) is 0. The van der Waals surface area contributed by atoms with Gasteiger partial charge < -0.3 is 9.80 Å². The Bertz CT molecular complexity index is 157. The first kappa shape index (κ1) is 12.4. The largest absolute Gasteiger partial charge is 0.349 e. The minimum atomic E-state index is 0.245. The van der Waals surface area contributed by atoms with Gasteiger partial charge in [-0.3, -0.25) is 4.79 Å². The van der Waals surface area contributed by atoms with Gasteiger partial charge in [0.2, 0.25) is 5.91 Å². The summed E-state index contributed by atoms with van der Waals surface area (Å²) >= 11 is 0. The van der Waals surface area contributed by atoms with E-state index in [0.717, 1.165) is 19.5 Å². The molecule has 1 aliphatic heterocycles. The van der Waals surface area contributed by atoms with Gasteiger partial charge in [-0.1, -0.05) is 13.8 Å². The third kappa shape index (κ3) is 3.77. The lowest BCUT2D eigenvalue weighted by atomic mass is 10.1. The summed E-state index contributed by atoms with van der Waals surface area (Å²) in [4.78, 5) is 15.3. The highest BCUT2D eigenvalue weighted by Crippen LogP contribution is 2.15. The van der Waals surface area contributed by atoms with Crippen LogP contribution in [0.4, 0.5) is 0 Å². The molecule has 1 saturated heterocycles. The fourth-order valence-electron chi connectivity index (χ4n) is 1.50. The van der Waals surface area contributed by atoms with Crippen LogP contribution >= 0.6 is 0 Å². The molecule has 1 aliphatic rings. The van der Waals surface area contributed by atoms with Crippen molar-refractivity contribution in [3.63, 3.8) is 0 Å². The predicted octanol–water partition coefficient (Wildman–Crippen LogP) is 1.05. The predicted molar refractivity (Wildman–Crippen MR) is 55.6 cm³/mol. The van der Waals surface area contributed by atoms with Gasteiger partial charge in [0.05, 0.1) is 5.92 Å². The molecular formula is C10H22N2O. The quantitative estimate of drug-likeness (QED) is 0.611. The summed E-state index contributed by atoms with van der Waals surface area (Å²) < 4.78 is 0. The molecule has 0 radical (unpaired) electrons. The summed E-state index contributed by atoms with van der Waals surface area (Å²) in [6.07, 6.45) is 1.02. The molecule has 3 nitrogen and oxygen atoms in total. The zero-order valence-corrected chi connectivity index (χ0v) is 9.50. The van der Waals surface area contributed by atoms with Gasteiger partial charge in [-0.05, 0) is 20.0 Å². The van der Waals surface area contributed by atoms with Crippen LogP contribution in [-0.4, -0.2) is 49.9 Å². The Hall–Kier alpha value is -0.570. The average molecular weight is 186 g/mol. The van der Waals surface area contributed by atoms with E-state index in [1.54, 1.807) is 4.90 Å². The van der Waals surface area contributed by atoms with E-state index in [2.05, 4.69) is 11.9 Å². The first-order valence-corrected chi connectivity index (χ1v) is 5.01. The summed E-state index contributed by atoms with van der Waals surface area (Å²) in [5.74, 6) is 0.518. The molecule has 1 heterocycles. The van der Waals surface area contributed by atoms with Gasteiger partial charge in [0.25, 0.3) is 0 Å². The summed E-state index contributed by atoms with van der Waals surface area (Å²) in [6, 6.07) is 0. The maximum atomic E-state index is 11.4. The lowest BCUT2D eigenvalue weighted by molar-refractivity contribution is -0.132. The molecule has 1 amide bonds. The van der Waals surface area contributed by atoms with Crippen LogP contribution in [0.25, 0.3) is 0 Å². The van der Waals surface area contributed by atoms with Crippen molar-refractivity contribution in [3.05, 3.63) is 0 Å². The molecule has 1 fully saturated rings. The number of hydrogen-bond acceptors (Lipinski definition) is 2. The Labute approximate surface area is 81.7 Å². The van der Waals surface area contributed by atoms with E-state index >= 15 is 0 Å². The summed E-state index contributed by atoms with van der Waals surface area (Å²) in [6.45, 7) is 5.99. The van der Waals surface area contributed by atoms with E-state index in [4.69, 9.17) is 0 Å². The van der Waals surface area contributed by atoms with Gasteiger partial charge in [0.15, 0.2) is 0 Å². The number of likely N-dealkylation sites (tertiary alicyclic amines) is 1. The molecule has 1 unspecified atom stereocenters. The Morgan fingerprint density at radius 1 is 1.38 bits per heavy atom. The molecule has 0 aromatic heterocycles. The molecule has 3 heteroatoms. The standard InChI is InChI=1S/C8H16N2O.C2H6/c1-9(2)8(11)7-4-5-10(3)6-7;1-2/h7H,4-6H2,1-3H3;1-2H3. The number of rotatable bonds is 1. The number of carbonyl (C=O) groups is 1. The minimum Gasteiger partial charge on any atom is -0.349 e. The molecule has 0 aliphatic carbocycles. The molecular weight excluding hydrogens is 164 g/mol. The molecule has 1 rings (SSSR count). The fraction of sp³-hybridized carbons (Fsp3) is 0.900. The lowest BCUT2D eigenvalue weighted by Crippen LogP contribution is -2.31. The second kappa shape index (κ2) is 5.97. The maximum Gasteiger partial charge on any atom is 0.226 e. The van der Waals surface area contributed by atoms with Crippen LogP contribution in [0.15, 0.2) is 0 Å². The normalized spacial score (nSPS) is 22.1. The average Bonchev–Trinajstić information content (AvgIpc) is 2.54. The number of nitrogens with zero attached hydrogens (tertiary/aromatic N) is 2. The molecule has 0 saturated carbocycles. The molecule has 0 N–H and O–H groups in total. The first-order chi connectivity index (χ1) is 6.11. The van der Waals surface area contributed by atoms with Gasteiger partial charge >= 0.3 is 0 Å². The van der Waals surface area contributed by atoms with Crippen LogP contribution in [0, 0.1) is 5.92 Å². The molecule has 78 valence electrons. The zero-order chi connectivity index (χ0) is 10.4. The Balaban J connectivity index is 0.000000671. The SMILES string of the molecule is CC.CN1CCC(C(=O)N(C)C)C1. The number of amides is 1. The van der Waals surface area contributed by atoms with Crippen molar-refractivity contribution in [1.82, 2.24) is 9.80 Å². The third-order valence-corrected chi connectivity index (χ3v) is 2.18. The van der Waals surface area contributed by atoms with Crippen LogP contribution in [0.2, 0.25) is 0 Å². The van der Waals surface area contributed by atoms with Crippen LogP contribution in [-0.2, 0) is 4.79 Å².